The van der Waals surface area contributed by atoms with Crippen molar-refractivity contribution in [2.75, 3.05) is 19.6 Å². The molecule has 4 rings (SSSR count). The van der Waals surface area contributed by atoms with Crippen LogP contribution in [0.5, 0.6) is 0 Å². The normalized spacial score (nSPS) is 42.9. The lowest BCUT2D eigenvalue weighted by Gasteiger charge is -2.40. The second-order valence-electron chi connectivity index (χ2n) is 10.8. The van der Waals surface area contributed by atoms with E-state index in [1.54, 1.807) is 6.34 Å². The van der Waals surface area contributed by atoms with Crippen LogP contribution in [-0.2, 0) is 0 Å². The molecule has 3 heterocycles. The number of aliphatic imine (C=N–C) groups is 1. The van der Waals surface area contributed by atoms with Crippen molar-refractivity contribution in [2.45, 2.75) is 83.5 Å². The van der Waals surface area contributed by atoms with Crippen molar-refractivity contribution in [1.82, 2.24) is 16.0 Å². The number of nitrogens with one attached hydrogen (secondary N) is 3. The van der Waals surface area contributed by atoms with Crippen LogP contribution in [0.1, 0.15) is 59.3 Å². The second kappa shape index (κ2) is 10.6. The molecule has 0 aromatic carbocycles. The zero-order chi connectivity index (χ0) is 21.8. The van der Waals surface area contributed by atoms with Gasteiger partial charge < -0.3 is 21.1 Å². The monoisotopic (exact) mass is 428 g/mol. The van der Waals surface area contributed by atoms with E-state index in [0.717, 1.165) is 17.8 Å². The molecule has 7 atom stereocenters. The number of hydrogen-bond acceptors (Lipinski definition) is 5. The summed E-state index contributed by atoms with van der Waals surface area (Å²) in [5.41, 5.74) is 1.37. The maximum atomic E-state index is 10.9. The molecule has 4 aliphatic rings. The Balaban J connectivity index is 1.53. The molecule has 0 spiro atoms. The summed E-state index contributed by atoms with van der Waals surface area (Å²) in [6.07, 6.45) is 15.4. The molecular formula is C26H44N4O. The van der Waals surface area contributed by atoms with Gasteiger partial charge in [0.15, 0.2) is 0 Å². The van der Waals surface area contributed by atoms with Gasteiger partial charge in [-0.2, -0.15) is 0 Å². The minimum absolute atomic E-state index is 0.00396. The van der Waals surface area contributed by atoms with E-state index >= 15 is 0 Å². The molecule has 0 aromatic heterocycles. The van der Waals surface area contributed by atoms with Crippen LogP contribution in [0, 0.1) is 29.6 Å². The Morgan fingerprint density at radius 3 is 2.68 bits per heavy atom. The summed E-state index contributed by atoms with van der Waals surface area (Å²) >= 11 is 0. The van der Waals surface area contributed by atoms with Gasteiger partial charge in [0.05, 0.1) is 25.0 Å². The van der Waals surface area contributed by atoms with Crippen LogP contribution in [0.4, 0.5) is 0 Å². The summed E-state index contributed by atoms with van der Waals surface area (Å²) in [6.45, 7) is 9.95. The van der Waals surface area contributed by atoms with Crippen LogP contribution in [0.3, 0.4) is 0 Å². The molecule has 31 heavy (non-hydrogen) atoms. The van der Waals surface area contributed by atoms with Gasteiger partial charge in [0.2, 0.25) is 0 Å². The molecule has 0 bridgehead atoms. The maximum absolute atomic E-state index is 10.9. The fourth-order valence-electron chi connectivity index (χ4n) is 6.80. The van der Waals surface area contributed by atoms with Crippen molar-refractivity contribution >= 4 is 6.34 Å². The topological polar surface area (TPSA) is 68.7 Å². The summed E-state index contributed by atoms with van der Waals surface area (Å²) in [7, 11) is 0. The Labute approximate surface area is 189 Å². The molecule has 7 unspecified atom stereocenters. The van der Waals surface area contributed by atoms with E-state index in [1.807, 2.05) is 6.92 Å². The molecule has 0 radical (unpaired) electrons. The van der Waals surface area contributed by atoms with E-state index < -0.39 is 6.10 Å². The van der Waals surface area contributed by atoms with E-state index in [1.165, 1.54) is 50.8 Å². The number of aliphatic hydroxyl groups is 1. The molecule has 5 nitrogen and oxygen atoms in total. The van der Waals surface area contributed by atoms with Crippen LogP contribution < -0.4 is 16.0 Å². The number of aliphatic hydroxyl groups excluding tert-OH is 1. The van der Waals surface area contributed by atoms with Crippen molar-refractivity contribution in [3.63, 3.8) is 0 Å². The quantitative estimate of drug-likeness (QED) is 0.557. The van der Waals surface area contributed by atoms with Crippen molar-refractivity contribution in [2.24, 2.45) is 34.6 Å². The van der Waals surface area contributed by atoms with Gasteiger partial charge in [-0.3, -0.25) is 4.99 Å². The van der Waals surface area contributed by atoms with Crippen molar-refractivity contribution < 1.29 is 5.11 Å². The average Bonchev–Trinajstić information content (AvgIpc) is 3.15. The molecule has 4 N–H and O–H groups in total. The Bertz CT molecular complexity index is 666. The lowest BCUT2D eigenvalue weighted by Crippen LogP contribution is -2.40. The van der Waals surface area contributed by atoms with Crippen LogP contribution >= 0.6 is 0 Å². The number of rotatable bonds is 3. The Morgan fingerprint density at radius 1 is 1.10 bits per heavy atom. The SMILES string of the molecule is CC(C)C1C(/C2=C/C=C/CN=CNC(C)C(O)C2)NC2CCC(C3CCNCC3)CC21. The first-order chi connectivity index (χ1) is 15.0. The molecule has 3 aliphatic heterocycles. The third-order valence-corrected chi connectivity index (χ3v) is 8.54. The van der Waals surface area contributed by atoms with Gasteiger partial charge in [-0.25, -0.2) is 0 Å². The molecule has 2 saturated heterocycles. The van der Waals surface area contributed by atoms with Crippen LogP contribution in [0.25, 0.3) is 0 Å². The first-order valence-corrected chi connectivity index (χ1v) is 12.8. The predicted molar refractivity (Wildman–Crippen MR) is 129 cm³/mol. The third kappa shape index (κ3) is 5.43. The summed E-state index contributed by atoms with van der Waals surface area (Å²) in [5, 5.41) is 21.8. The third-order valence-electron chi connectivity index (χ3n) is 8.54. The van der Waals surface area contributed by atoms with Crippen LogP contribution in [-0.4, -0.2) is 55.3 Å². The fraction of sp³-hybridized carbons (Fsp3) is 0.808. The molecule has 1 aliphatic carbocycles. The van der Waals surface area contributed by atoms with Gasteiger partial charge in [-0.1, -0.05) is 37.6 Å². The zero-order valence-corrected chi connectivity index (χ0v) is 19.8. The molecule has 0 amide bonds. The first-order valence-electron chi connectivity index (χ1n) is 12.8. The summed E-state index contributed by atoms with van der Waals surface area (Å²) in [4.78, 5) is 4.35. The lowest BCUT2D eigenvalue weighted by molar-refractivity contribution is 0.121. The summed E-state index contributed by atoms with van der Waals surface area (Å²) < 4.78 is 0. The number of nitrogens with zero attached hydrogens (tertiary/aromatic N) is 1. The van der Waals surface area contributed by atoms with Gasteiger partial charge in [-0.15, -0.1) is 0 Å². The highest BCUT2D eigenvalue weighted by molar-refractivity contribution is 5.55. The number of fused-ring (bicyclic) bond motifs is 1. The maximum Gasteiger partial charge on any atom is 0.0830 e. The number of allylic oxidation sites excluding steroid dienone is 2. The molecule has 5 heteroatoms. The smallest absolute Gasteiger partial charge is 0.0830 e. The fourth-order valence-corrected chi connectivity index (χ4v) is 6.80. The zero-order valence-electron chi connectivity index (χ0n) is 19.8. The van der Waals surface area contributed by atoms with Crippen LogP contribution in [0.2, 0.25) is 0 Å². The average molecular weight is 429 g/mol. The largest absolute Gasteiger partial charge is 0.391 e. The van der Waals surface area contributed by atoms with Gasteiger partial charge >= 0.3 is 0 Å². The molecule has 0 aromatic rings. The lowest BCUT2D eigenvalue weighted by atomic mass is 9.65. The van der Waals surface area contributed by atoms with E-state index in [4.69, 9.17) is 0 Å². The molecule has 1 saturated carbocycles. The van der Waals surface area contributed by atoms with Gasteiger partial charge in [0, 0.05) is 12.1 Å². The highest BCUT2D eigenvalue weighted by Crippen LogP contribution is 2.48. The van der Waals surface area contributed by atoms with E-state index in [9.17, 15) is 5.11 Å². The summed E-state index contributed by atoms with van der Waals surface area (Å²) in [5.74, 6) is 3.86. The standard InChI is InChI=1S/C26H44N4O/c1-17(2)25-22-14-20(19-9-12-27-13-10-19)7-8-23(22)30-26(25)21-6-4-5-11-28-16-29-18(3)24(31)15-21/h4-6,16-20,22-27,30-31H,7-15H2,1-3H3,(H,28,29)/b5-4+,21-6+. The van der Waals surface area contributed by atoms with Gasteiger partial charge in [0.25, 0.3) is 0 Å². The van der Waals surface area contributed by atoms with Gasteiger partial charge in [0.1, 0.15) is 0 Å². The molecule has 3 fully saturated rings. The summed E-state index contributed by atoms with van der Waals surface area (Å²) in [6, 6.07) is 1.00. The Kier molecular flexibility index (Phi) is 7.89. The highest BCUT2D eigenvalue weighted by atomic mass is 16.3. The van der Waals surface area contributed by atoms with E-state index in [2.05, 4.69) is 53.0 Å². The molecule has 174 valence electrons. The highest BCUT2D eigenvalue weighted by Gasteiger charge is 2.48. The van der Waals surface area contributed by atoms with E-state index in [-0.39, 0.29) is 6.04 Å². The molecular weight excluding hydrogens is 384 g/mol. The Hall–Kier alpha value is -1.17. The van der Waals surface area contributed by atoms with Crippen molar-refractivity contribution in [1.29, 1.82) is 0 Å². The predicted octanol–water partition coefficient (Wildman–Crippen LogP) is 3.27. The number of piperidine rings is 1. The minimum atomic E-state index is -0.413. The Morgan fingerprint density at radius 2 is 1.90 bits per heavy atom. The van der Waals surface area contributed by atoms with Gasteiger partial charge in [-0.05, 0) is 88.1 Å². The van der Waals surface area contributed by atoms with E-state index in [0.29, 0.717) is 36.9 Å². The number of hydrogen-bond donors (Lipinski definition) is 4. The minimum Gasteiger partial charge on any atom is -0.391 e. The van der Waals surface area contributed by atoms with Crippen LogP contribution in [0.15, 0.2) is 28.8 Å². The first kappa shape index (κ1) is 23.0. The van der Waals surface area contributed by atoms with Crippen molar-refractivity contribution in [3.8, 4) is 0 Å². The second-order valence-corrected chi connectivity index (χ2v) is 10.8. The van der Waals surface area contributed by atoms with Crippen molar-refractivity contribution in [3.05, 3.63) is 23.8 Å².